The van der Waals surface area contributed by atoms with Gasteiger partial charge in [0.05, 0.1) is 24.4 Å². The standard InChI is InChI=1S/C31H46O5.C29H60O3Si3.C20H29BrO2.C2H6.FH/c1-18(16-28-19(2)20(3)30(35)36-28)25-12-13-26-22(8-6-14-31(25,26)5)10-11-23-17-27(33)24(9-7-15-32)29(34)21(23)4;1-18-21-26(32-35(16,17)29(9,10)11)24(22-20-23-30-33(12,13)27(3,4)5)25(19-2)31-34(14,15)28(6,7)8;1-12(10-18-13(2)14(3)19(22)23-18)16-7-8-17-15(11-21)6-5-9-20(16,17)4;1-2;/h10-11,18-19,24-29,32-34H,3-4,6-9,12-17H2,1-2,5H3;1,19,24-26H,2,20-23H2,3-17H3;11-13,16-18H,3,5-10H2,1-2,4H3;1-2H3;1H/b22-10+,23-11-;;15-11+;;/t18-,19+,24+,25-,26+,27-,28+,29-,31-;24-,25-,26-;12-,13+,16-,17+,18+,20-;;/m111../s1. The van der Waals surface area contributed by atoms with Crippen LogP contribution in [0.5, 0.6) is 0 Å². The number of allylic oxidation sites excluding steroid dienone is 4. The number of carbonyl (C=O) groups excluding carboxylic acids is 2. The maximum Gasteiger partial charge on any atom is 0.334 e. The van der Waals surface area contributed by atoms with E-state index >= 15 is 0 Å². The Morgan fingerprint density at radius 3 is 1.58 bits per heavy atom. The van der Waals surface area contributed by atoms with Gasteiger partial charge in [-0.3, -0.25) is 4.70 Å². The fourth-order valence-electron chi connectivity index (χ4n) is 16.8. The molecule has 0 bridgehead atoms. The van der Waals surface area contributed by atoms with E-state index in [1.165, 1.54) is 63.4 Å². The number of cyclic esters (lactones) is 2. The molecule has 7 rings (SSSR count). The number of ether oxygens (including phenoxy) is 2. The van der Waals surface area contributed by atoms with Gasteiger partial charge in [-0.05, 0) is 226 Å². The van der Waals surface area contributed by atoms with Gasteiger partial charge in [0.2, 0.25) is 0 Å². The van der Waals surface area contributed by atoms with Crippen molar-refractivity contribution in [3.05, 3.63) is 83.0 Å². The fourth-order valence-corrected chi connectivity index (χ4v) is 21.1. The minimum absolute atomic E-state index is 0. The number of hydrogen-bond donors (Lipinski definition) is 3. The summed E-state index contributed by atoms with van der Waals surface area (Å²) >= 11 is 3.59. The van der Waals surface area contributed by atoms with Crippen LogP contribution in [-0.4, -0.2) is 102 Å². The van der Waals surface area contributed by atoms with Crippen LogP contribution in [-0.2, 0) is 32.3 Å². The summed E-state index contributed by atoms with van der Waals surface area (Å²) in [6, 6.07) is 0. The van der Waals surface area contributed by atoms with Crippen molar-refractivity contribution in [3.8, 4) is 12.3 Å². The van der Waals surface area contributed by atoms with Crippen molar-refractivity contribution in [1.29, 1.82) is 0 Å². The normalized spacial score (nSPS) is 32.2. The van der Waals surface area contributed by atoms with Crippen molar-refractivity contribution in [1.82, 2.24) is 0 Å². The lowest BCUT2D eigenvalue weighted by Gasteiger charge is -2.45. The Hall–Kier alpha value is -2.50. The van der Waals surface area contributed by atoms with Gasteiger partial charge in [0.25, 0.3) is 0 Å². The van der Waals surface area contributed by atoms with Crippen molar-refractivity contribution in [2.24, 2.45) is 70.0 Å². The predicted octanol–water partition coefficient (Wildman–Crippen LogP) is 21.5. The van der Waals surface area contributed by atoms with Crippen molar-refractivity contribution in [3.63, 3.8) is 0 Å². The van der Waals surface area contributed by atoms with Crippen LogP contribution in [0.3, 0.4) is 0 Å². The number of aliphatic hydroxyl groups is 3. The zero-order valence-corrected chi connectivity index (χ0v) is 70.2. The molecule has 10 nitrogen and oxygen atoms in total. The van der Waals surface area contributed by atoms with Gasteiger partial charge >= 0.3 is 11.9 Å². The van der Waals surface area contributed by atoms with E-state index in [0.29, 0.717) is 71.5 Å². The average Bonchev–Trinajstić information content (AvgIpc) is 1.63. The Kier molecular flexibility index (Phi) is 33.6. The monoisotopic (exact) mass is 1470 g/mol. The van der Waals surface area contributed by atoms with Gasteiger partial charge in [-0.15, -0.1) is 18.9 Å². The maximum atomic E-state index is 12.0. The van der Waals surface area contributed by atoms with Crippen molar-refractivity contribution >= 4 is 52.8 Å². The number of carbonyl (C=O) groups is 2. The lowest BCUT2D eigenvalue weighted by molar-refractivity contribution is -0.141. The van der Waals surface area contributed by atoms with Gasteiger partial charge in [0.15, 0.2) is 25.0 Å². The van der Waals surface area contributed by atoms with Gasteiger partial charge in [-0.2, -0.15) is 0 Å². The Morgan fingerprint density at radius 2 is 1.16 bits per heavy atom. The van der Waals surface area contributed by atoms with Crippen LogP contribution in [0.1, 0.15) is 233 Å². The molecule has 18 atom stereocenters. The van der Waals surface area contributed by atoms with Crippen molar-refractivity contribution in [2.45, 2.75) is 324 Å². The largest absolute Gasteiger partial charge is 0.458 e. The van der Waals surface area contributed by atoms with Gasteiger partial charge < -0.3 is 38.1 Å². The van der Waals surface area contributed by atoms with Crippen molar-refractivity contribution < 1.29 is 52.4 Å². The summed E-state index contributed by atoms with van der Waals surface area (Å²) in [6.45, 7) is 69.3. The van der Waals surface area contributed by atoms with Crippen LogP contribution >= 0.6 is 15.9 Å². The van der Waals surface area contributed by atoms with Gasteiger partial charge in [0, 0.05) is 54.5 Å². The van der Waals surface area contributed by atoms with Gasteiger partial charge in [0.1, 0.15) is 12.2 Å². The average molecular weight is 1470 g/mol. The summed E-state index contributed by atoms with van der Waals surface area (Å²) in [5.41, 5.74) is 6.66. The zero-order chi connectivity index (χ0) is 73.1. The minimum atomic E-state index is -2.02. The van der Waals surface area contributed by atoms with E-state index in [9.17, 15) is 19.8 Å². The SMILES string of the molecule is C#CC[C@@H](O[Si](C)(C)C(C)(C)C)[C@H](CCCO[Si](C)(C)C(C)(C)C)[C@@H](C=C)O[Si](C)(C)C(C)(C)C.C=C1/C(=C\C=C2/CCC[C@]3(C)[C@@H]([C@H](C)C[C@@H]4OC(=O)C(=C)[C@@H]4C)CC[C@@H]23)C[C@@H](O)[C@H](CCCO)[C@@H]1O.C=C1C(=O)O[C@@H](C[C@@H](C)[C@H]2CC[C@H]3/C(=C/Br)CCC[C@]23C)[C@H]1C.CC.F. The number of esters is 2. The van der Waals surface area contributed by atoms with Crippen LogP contribution in [0.25, 0.3) is 0 Å². The molecule has 2 aliphatic heterocycles. The molecule has 0 radical (unpaired) electrons. The summed E-state index contributed by atoms with van der Waals surface area (Å²) in [5, 5.41) is 31.0. The molecule has 0 spiro atoms. The summed E-state index contributed by atoms with van der Waals surface area (Å²) < 4.78 is 31.7. The molecule has 0 amide bonds. The van der Waals surface area contributed by atoms with E-state index in [1.54, 1.807) is 5.57 Å². The molecule has 7 aliphatic rings. The summed E-state index contributed by atoms with van der Waals surface area (Å²) in [5.74, 6) is 6.32. The second-order valence-corrected chi connectivity index (χ2v) is 50.1. The molecule has 5 aliphatic carbocycles. The Balaban J connectivity index is 0.000000380. The number of fused-ring (bicyclic) bond motifs is 2. The third-order valence-corrected chi connectivity index (χ3v) is 40.3. The van der Waals surface area contributed by atoms with E-state index in [4.69, 9.17) is 34.3 Å². The first kappa shape index (κ1) is 88.7. The third kappa shape index (κ3) is 21.6. The lowest BCUT2D eigenvalue weighted by atomic mass is 9.60. The van der Waals surface area contributed by atoms with E-state index in [2.05, 4.69) is 208 Å². The molecule has 0 aromatic carbocycles. The van der Waals surface area contributed by atoms with E-state index < -0.39 is 37.2 Å². The smallest absolute Gasteiger partial charge is 0.334 e. The highest BCUT2D eigenvalue weighted by atomic mass is 79.9. The quantitative estimate of drug-likeness (QED) is 0.0226. The highest BCUT2D eigenvalue weighted by molar-refractivity contribution is 9.11. The lowest BCUT2D eigenvalue weighted by Crippen LogP contribution is -2.50. The number of rotatable bonds is 23. The Bertz CT molecular complexity index is 2760. The second kappa shape index (κ2) is 36.8. The van der Waals surface area contributed by atoms with E-state index in [-0.39, 0.29) is 91.9 Å². The number of hydrogen-bond acceptors (Lipinski definition) is 10. The second-order valence-electron chi connectivity index (χ2n) is 35.3. The van der Waals surface area contributed by atoms with Crippen LogP contribution in [0, 0.1) is 82.4 Å². The van der Waals surface area contributed by atoms with Crippen LogP contribution in [0.15, 0.2) is 83.0 Å². The molecule has 2 saturated heterocycles. The van der Waals surface area contributed by atoms with Crippen molar-refractivity contribution in [2.75, 3.05) is 13.2 Å². The summed E-state index contributed by atoms with van der Waals surface area (Å²) in [6.07, 6.45) is 29.2. The summed E-state index contributed by atoms with van der Waals surface area (Å²) in [4.78, 5) is 25.9. The van der Waals surface area contributed by atoms with Gasteiger partial charge in [-0.25, -0.2) is 9.59 Å². The van der Waals surface area contributed by atoms with E-state index in [0.717, 1.165) is 56.1 Å². The maximum absolute atomic E-state index is 12.0. The molecule has 556 valence electrons. The molecule has 5 saturated carbocycles. The molecule has 2 heterocycles. The number of terminal acetylenes is 1. The molecule has 0 aromatic rings. The molecular weight excluding hydrogens is 1330 g/mol. The molecule has 3 N–H and O–H groups in total. The van der Waals surface area contributed by atoms with Gasteiger partial charge in [-0.1, -0.05) is 183 Å². The fraction of sp³-hybridized carbons (Fsp3) is 0.780. The Labute approximate surface area is 604 Å². The molecular formula is C82H142BrFO10Si3. The molecule has 7 fully saturated rings. The number of aliphatic hydroxyl groups excluding tert-OH is 3. The first-order valence-corrected chi connectivity index (χ1v) is 47.2. The first-order valence-electron chi connectivity index (χ1n) is 37.6. The van der Waals surface area contributed by atoms with Crippen LogP contribution < -0.4 is 0 Å². The van der Waals surface area contributed by atoms with Crippen LogP contribution in [0.4, 0.5) is 4.70 Å². The highest BCUT2D eigenvalue weighted by Gasteiger charge is 2.54. The number of halogens is 2. The molecule has 97 heavy (non-hydrogen) atoms. The molecule has 0 aromatic heterocycles. The molecule has 0 unspecified atom stereocenters. The first-order chi connectivity index (χ1) is 44.4. The van der Waals surface area contributed by atoms with Crippen LogP contribution in [0.2, 0.25) is 54.4 Å². The zero-order valence-electron chi connectivity index (χ0n) is 65.6. The van der Waals surface area contributed by atoms with E-state index in [1.807, 2.05) is 19.9 Å². The summed E-state index contributed by atoms with van der Waals surface area (Å²) in [7, 11) is -5.81. The highest BCUT2D eigenvalue weighted by Crippen LogP contribution is 2.62. The Morgan fingerprint density at radius 1 is 0.711 bits per heavy atom. The third-order valence-electron chi connectivity index (χ3n) is 26.2. The topological polar surface area (TPSA) is 141 Å². The minimum Gasteiger partial charge on any atom is -0.458 e. The predicted molar refractivity (Wildman–Crippen MR) is 417 cm³/mol. The molecule has 15 heteroatoms.